The van der Waals surface area contributed by atoms with Crippen molar-refractivity contribution in [1.29, 1.82) is 0 Å². The highest BCUT2D eigenvalue weighted by atomic mass is 16.2. The smallest absolute Gasteiger partial charge is 0.319 e. The lowest BCUT2D eigenvalue weighted by atomic mass is 9.97. The second kappa shape index (κ2) is 8.69. The topological polar surface area (TPSA) is 81.8 Å². The molecule has 0 spiro atoms. The van der Waals surface area contributed by atoms with E-state index in [4.69, 9.17) is 0 Å². The highest BCUT2D eigenvalue weighted by Gasteiger charge is 2.29. The standard InChI is InChI=1S/C19H28N4O3/c1-13(2)20-17(24)14-7-5-9-16(11-14)21-18(25)15-8-6-10-23(12-15)19(26)22(3)4/h5,7,9,11,13,15H,6,8,10,12H2,1-4H3,(H,20,24)(H,21,25)/t15-/m0/s1. The zero-order chi connectivity index (χ0) is 19.3. The van der Waals surface area contributed by atoms with Gasteiger partial charge in [-0.1, -0.05) is 6.07 Å². The number of hydrogen-bond donors (Lipinski definition) is 2. The molecule has 1 heterocycles. The SMILES string of the molecule is CC(C)NC(=O)c1cccc(NC(=O)[C@H]2CCCN(C(=O)N(C)C)C2)c1. The summed E-state index contributed by atoms with van der Waals surface area (Å²) >= 11 is 0. The number of hydrogen-bond acceptors (Lipinski definition) is 3. The summed E-state index contributed by atoms with van der Waals surface area (Å²) < 4.78 is 0. The quantitative estimate of drug-likeness (QED) is 0.863. The van der Waals surface area contributed by atoms with Gasteiger partial charge in [0.1, 0.15) is 0 Å². The van der Waals surface area contributed by atoms with Crippen LogP contribution in [0.2, 0.25) is 0 Å². The first-order valence-corrected chi connectivity index (χ1v) is 8.96. The molecule has 1 saturated heterocycles. The molecule has 0 aliphatic carbocycles. The molecule has 1 atom stereocenters. The van der Waals surface area contributed by atoms with E-state index in [-0.39, 0.29) is 29.8 Å². The van der Waals surface area contributed by atoms with Crippen molar-refractivity contribution in [3.05, 3.63) is 29.8 Å². The fraction of sp³-hybridized carbons (Fsp3) is 0.526. The minimum Gasteiger partial charge on any atom is -0.350 e. The summed E-state index contributed by atoms with van der Waals surface area (Å²) in [7, 11) is 3.42. The molecule has 0 aromatic heterocycles. The highest BCUT2D eigenvalue weighted by Crippen LogP contribution is 2.20. The molecule has 0 bridgehead atoms. The van der Waals surface area contributed by atoms with Crippen LogP contribution in [0, 0.1) is 5.92 Å². The summed E-state index contributed by atoms with van der Waals surface area (Å²) in [6, 6.07) is 6.86. The third-order valence-electron chi connectivity index (χ3n) is 4.26. The Morgan fingerprint density at radius 3 is 2.62 bits per heavy atom. The number of piperidine rings is 1. The zero-order valence-electron chi connectivity index (χ0n) is 15.9. The van der Waals surface area contributed by atoms with E-state index in [9.17, 15) is 14.4 Å². The Balaban J connectivity index is 2.01. The van der Waals surface area contributed by atoms with E-state index < -0.39 is 0 Å². The number of benzene rings is 1. The van der Waals surface area contributed by atoms with Crippen LogP contribution in [0.1, 0.15) is 37.0 Å². The Labute approximate surface area is 154 Å². The number of nitrogens with one attached hydrogen (secondary N) is 2. The number of amides is 4. The summed E-state index contributed by atoms with van der Waals surface area (Å²) in [6.45, 7) is 4.88. The number of urea groups is 1. The molecule has 2 N–H and O–H groups in total. The maximum absolute atomic E-state index is 12.6. The molecule has 1 aliphatic rings. The molecule has 0 radical (unpaired) electrons. The maximum atomic E-state index is 12.6. The number of nitrogens with zero attached hydrogens (tertiary/aromatic N) is 2. The van der Waals surface area contributed by atoms with E-state index in [2.05, 4.69) is 10.6 Å². The molecule has 1 aromatic rings. The van der Waals surface area contributed by atoms with Crippen LogP contribution in [0.25, 0.3) is 0 Å². The predicted octanol–water partition coefficient (Wildman–Crippen LogP) is 2.16. The lowest BCUT2D eigenvalue weighted by Crippen LogP contribution is -2.47. The first-order valence-electron chi connectivity index (χ1n) is 8.96. The lowest BCUT2D eigenvalue weighted by molar-refractivity contribution is -0.121. The summed E-state index contributed by atoms with van der Waals surface area (Å²) in [5, 5.41) is 5.71. The van der Waals surface area contributed by atoms with E-state index in [1.807, 2.05) is 13.8 Å². The van der Waals surface area contributed by atoms with Gasteiger partial charge < -0.3 is 20.4 Å². The first kappa shape index (κ1) is 19.8. The van der Waals surface area contributed by atoms with Gasteiger partial charge in [0, 0.05) is 44.5 Å². The Morgan fingerprint density at radius 1 is 1.23 bits per heavy atom. The molecule has 1 fully saturated rings. The molecule has 7 nitrogen and oxygen atoms in total. The molecule has 2 rings (SSSR count). The van der Waals surface area contributed by atoms with E-state index in [1.165, 1.54) is 4.90 Å². The van der Waals surface area contributed by atoms with Gasteiger partial charge in [-0.15, -0.1) is 0 Å². The average Bonchev–Trinajstić information content (AvgIpc) is 2.60. The molecule has 4 amide bonds. The Kier molecular flexibility index (Phi) is 6.60. The Morgan fingerprint density at radius 2 is 1.96 bits per heavy atom. The number of rotatable bonds is 4. The van der Waals surface area contributed by atoms with Gasteiger partial charge in [0.2, 0.25) is 5.91 Å². The van der Waals surface area contributed by atoms with E-state index >= 15 is 0 Å². The number of anilines is 1. The number of carbonyl (C=O) groups is 3. The van der Waals surface area contributed by atoms with Crippen LogP contribution in [-0.2, 0) is 4.79 Å². The van der Waals surface area contributed by atoms with Crippen molar-refractivity contribution in [2.24, 2.45) is 5.92 Å². The van der Waals surface area contributed by atoms with Crippen molar-refractivity contribution in [2.45, 2.75) is 32.7 Å². The average molecular weight is 360 g/mol. The maximum Gasteiger partial charge on any atom is 0.319 e. The normalized spacial score (nSPS) is 17.0. The number of likely N-dealkylation sites (tertiary alicyclic amines) is 1. The van der Waals surface area contributed by atoms with Crippen LogP contribution in [0.4, 0.5) is 10.5 Å². The Bertz CT molecular complexity index is 673. The second-order valence-corrected chi connectivity index (χ2v) is 7.16. The van der Waals surface area contributed by atoms with Gasteiger partial charge in [0.15, 0.2) is 0 Å². The summed E-state index contributed by atoms with van der Waals surface area (Å²) in [5.74, 6) is -0.542. The van der Waals surface area contributed by atoms with Gasteiger partial charge in [0.25, 0.3) is 5.91 Å². The monoisotopic (exact) mass is 360 g/mol. The van der Waals surface area contributed by atoms with Gasteiger partial charge >= 0.3 is 6.03 Å². The van der Waals surface area contributed by atoms with Gasteiger partial charge in [-0.05, 0) is 44.9 Å². The van der Waals surface area contributed by atoms with E-state index in [0.717, 1.165) is 12.8 Å². The highest BCUT2D eigenvalue weighted by molar-refractivity contribution is 5.98. The molecular formula is C19H28N4O3. The van der Waals surface area contributed by atoms with Crippen LogP contribution in [-0.4, -0.2) is 60.9 Å². The third-order valence-corrected chi connectivity index (χ3v) is 4.26. The molecule has 1 aliphatic heterocycles. The van der Waals surface area contributed by atoms with E-state index in [1.54, 1.807) is 43.3 Å². The summed E-state index contributed by atoms with van der Waals surface area (Å²) in [6.07, 6.45) is 1.55. The van der Waals surface area contributed by atoms with E-state index in [0.29, 0.717) is 24.3 Å². The van der Waals surface area contributed by atoms with Gasteiger partial charge in [-0.3, -0.25) is 9.59 Å². The molecule has 142 valence electrons. The molecule has 0 unspecified atom stereocenters. The van der Waals surface area contributed by atoms with Crippen LogP contribution in [0.3, 0.4) is 0 Å². The Hall–Kier alpha value is -2.57. The predicted molar refractivity (Wildman–Crippen MR) is 101 cm³/mol. The number of carbonyl (C=O) groups excluding carboxylic acids is 3. The van der Waals surface area contributed by atoms with Crippen molar-refractivity contribution in [2.75, 3.05) is 32.5 Å². The molecule has 26 heavy (non-hydrogen) atoms. The van der Waals surface area contributed by atoms with Crippen LogP contribution >= 0.6 is 0 Å². The third kappa shape index (κ3) is 5.21. The molecule has 1 aromatic carbocycles. The summed E-state index contributed by atoms with van der Waals surface area (Å²) in [5.41, 5.74) is 1.09. The minimum atomic E-state index is -0.249. The zero-order valence-corrected chi connectivity index (χ0v) is 15.9. The molecule has 0 saturated carbocycles. The minimum absolute atomic E-state index is 0.0446. The van der Waals surface area contributed by atoms with Gasteiger partial charge in [-0.2, -0.15) is 0 Å². The van der Waals surface area contributed by atoms with Gasteiger partial charge in [-0.25, -0.2) is 4.79 Å². The fourth-order valence-corrected chi connectivity index (χ4v) is 2.98. The van der Waals surface area contributed by atoms with Crippen LogP contribution in [0.5, 0.6) is 0 Å². The molecular weight excluding hydrogens is 332 g/mol. The van der Waals surface area contributed by atoms with Gasteiger partial charge in [0.05, 0.1) is 5.92 Å². The van der Waals surface area contributed by atoms with Crippen molar-refractivity contribution < 1.29 is 14.4 Å². The fourth-order valence-electron chi connectivity index (χ4n) is 2.98. The molecule has 7 heteroatoms. The van der Waals surface area contributed by atoms with Crippen molar-refractivity contribution in [1.82, 2.24) is 15.1 Å². The largest absolute Gasteiger partial charge is 0.350 e. The first-order chi connectivity index (χ1) is 12.3. The van der Waals surface area contributed by atoms with Crippen molar-refractivity contribution in [3.8, 4) is 0 Å². The lowest BCUT2D eigenvalue weighted by Gasteiger charge is -2.33. The van der Waals surface area contributed by atoms with Crippen LogP contribution in [0.15, 0.2) is 24.3 Å². The summed E-state index contributed by atoms with van der Waals surface area (Å²) in [4.78, 5) is 40.0. The second-order valence-electron chi connectivity index (χ2n) is 7.16. The van der Waals surface area contributed by atoms with Crippen molar-refractivity contribution in [3.63, 3.8) is 0 Å². The van der Waals surface area contributed by atoms with Crippen LogP contribution < -0.4 is 10.6 Å². The van der Waals surface area contributed by atoms with Crippen molar-refractivity contribution >= 4 is 23.5 Å².